The maximum Gasteiger partial charge on any atom is 0.166 e. The van der Waals surface area contributed by atoms with Gasteiger partial charge < -0.3 is 4.74 Å². The number of ketones is 1. The lowest BCUT2D eigenvalue weighted by Crippen LogP contribution is -2.05. The van der Waals surface area contributed by atoms with Crippen molar-refractivity contribution in [1.29, 1.82) is 0 Å². The summed E-state index contributed by atoms with van der Waals surface area (Å²) in [5.74, 6) is 1.01. The number of fused-ring (bicyclic) bond motifs is 1. The highest BCUT2D eigenvalue weighted by molar-refractivity contribution is 9.10. The van der Waals surface area contributed by atoms with Gasteiger partial charge in [0.1, 0.15) is 5.75 Å². The van der Waals surface area contributed by atoms with Crippen LogP contribution in [0.25, 0.3) is 0 Å². The van der Waals surface area contributed by atoms with Gasteiger partial charge in [-0.1, -0.05) is 22.9 Å². The molecule has 1 heterocycles. The first-order chi connectivity index (χ1) is 8.22. The van der Waals surface area contributed by atoms with E-state index in [1.165, 1.54) is 0 Å². The van der Waals surface area contributed by atoms with E-state index in [-0.39, 0.29) is 5.78 Å². The quantitative estimate of drug-likeness (QED) is 0.784. The second-order valence-corrected chi connectivity index (χ2v) is 5.34. The molecule has 0 fully saturated rings. The lowest BCUT2D eigenvalue weighted by Gasteiger charge is -2.12. The summed E-state index contributed by atoms with van der Waals surface area (Å²) in [5.41, 5.74) is 1.91. The van der Waals surface area contributed by atoms with Crippen LogP contribution in [0, 0.1) is 0 Å². The zero-order valence-electron chi connectivity index (χ0n) is 10.1. The third-order valence-corrected chi connectivity index (χ3v) is 3.45. The maximum atomic E-state index is 12.1. The molecule has 0 radical (unpaired) electrons. The lowest BCUT2D eigenvalue weighted by atomic mass is 10.00. The number of hydrogen-bond donors (Lipinski definition) is 0. The van der Waals surface area contributed by atoms with Gasteiger partial charge in [0, 0.05) is 10.9 Å². The minimum atomic E-state index is 0.187. The molecule has 0 saturated heterocycles. The molecule has 2 nitrogen and oxygen atoms in total. The van der Waals surface area contributed by atoms with Crippen LogP contribution >= 0.6 is 15.9 Å². The van der Waals surface area contributed by atoms with Crippen LogP contribution in [0.5, 0.6) is 5.75 Å². The average Bonchev–Trinajstić information content (AvgIpc) is 2.53. The van der Waals surface area contributed by atoms with Crippen LogP contribution in [-0.4, -0.2) is 12.4 Å². The van der Waals surface area contributed by atoms with Crippen LogP contribution in [0.2, 0.25) is 0 Å². The van der Waals surface area contributed by atoms with Crippen LogP contribution < -0.4 is 4.74 Å². The van der Waals surface area contributed by atoms with Crippen LogP contribution in [0.4, 0.5) is 0 Å². The third-order valence-electron chi connectivity index (χ3n) is 2.99. The van der Waals surface area contributed by atoms with Gasteiger partial charge in [-0.3, -0.25) is 4.79 Å². The predicted molar refractivity (Wildman–Crippen MR) is 71.8 cm³/mol. The van der Waals surface area contributed by atoms with Gasteiger partial charge in [0.2, 0.25) is 0 Å². The highest BCUT2D eigenvalue weighted by Gasteiger charge is 2.18. The first-order valence-electron chi connectivity index (χ1n) is 6.20. The third kappa shape index (κ3) is 2.89. The molecule has 0 atom stereocenters. The Kier molecular flexibility index (Phi) is 4.21. The van der Waals surface area contributed by atoms with E-state index in [0.29, 0.717) is 6.42 Å². The number of halogens is 1. The smallest absolute Gasteiger partial charge is 0.166 e. The van der Waals surface area contributed by atoms with Crippen molar-refractivity contribution in [3.63, 3.8) is 0 Å². The van der Waals surface area contributed by atoms with Gasteiger partial charge in [-0.2, -0.15) is 0 Å². The molecule has 1 aromatic carbocycles. The summed E-state index contributed by atoms with van der Waals surface area (Å²) in [6.45, 7) is 2.75. The molecule has 0 saturated carbocycles. The Morgan fingerprint density at radius 1 is 1.41 bits per heavy atom. The summed E-state index contributed by atoms with van der Waals surface area (Å²) in [4.78, 5) is 12.1. The van der Waals surface area contributed by atoms with E-state index in [9.17, 15) is 4.79 Å². The van der Waals surface area contributed by atoms with E-state index in [0.717, 1.165) is 53.6 Å². The lowest BCUT2D eigenvalue weighted by molar-refractivity contribution is 0.0977. The Morgan fingerprint density at radius 3 is 3.00 bits per heavy atom. The largest absolute Gasteiger partial charge is 0.493 e. The Balaban J connectivity index is 2.43. The number of Topliss-reactive ketones (excluding diaryl/α,β-unsaturated/α-hetero) is 1. The van der Waals surface area contributed by atoms with Crippen molar-refractivity contribution in [2.24, 2.45) is 0 Å². The number of hydrogen-bond acceptors (Lipinski definition) is 2. The number of aryl methyl sites for hydroxylation is 1. The van der Waals surface area contributed by atoms with Gasteiger partial charge >= 0.3 is 0 Å². The Bertz CT molecular complexity index is 426. The second-order valence-electron chi connectivity index (χ2n) is 4.42. The normalized spacial score (nSPS) is 14.7. The van der Waals surface area contributed by atoms with Crippen molar-refractivity contribution in [3.05, 3.63) is 27.7 Å². The molecule has 0 amide bonds. The number of rotatable bonds is 3. The van der Waals surface area contributed by atoms with Gasteiger partial charge in [-0.15, -0.1) is 0 Å². The Morgan fingerprint density at radius 2 is 2.24 bits per heavy atom. The van der Waals surface area contributed by atoms with E-state index in [2.05, 4.69) is 22.0 Å². The molecule has 0 unspecified atom stereocenters. The summed E-state index contributed by atoms with van der Waals surface area (Å²) in [6.07, 6.45) is 4.66. The van der Waals surface area contributed by atoms with Gasteiger partial charge in [-0.05, 0) is 43.4 Å². The number of benzene rings is 1. The molecule has 0 aromatic heterocycles. The van der Waals surface area contributed by atoms with E-state index >= 15 is 0 Å². The first kappa shape index (κ1) is 12.6. The zero-order chi connectivity index (χ0) is 12.3. The molecule has 92 valence electrons. The second kappa shape index (κ2) is 5.67. The molecule has 1 aliphatic heterocycles. The van der Waals surface area contributed by atoms with E-state index < -0.39 is 0 Å². The van der Waals surface area contributed by atoms with Crippen molar-refractivity contribution in [1.82, 2.24) is 0 Å². The summed E-state index contributed by atoms with van der Waals surface area (Å²) < 4.78 is 6.73. The number of ether oxygens (including phenoxy) is 1. The average molecular weight is 297 g/mol. The van der Waals surface area contributed by atoms with Crippen molar-refractivity contribution in [3.8, 4) is 5.75 Å². The Labute approximate surface area is 110 Å². The SMILES string of the molecule is CCCC(=O)c1cc(Br)cc2c1OCCCC2. The van der Waals surface area contributed by atoms with Crippen molar-refractivity contribution in [2.75, 3.05) is 6.61 Å². The standard InChI is InChI=1S/C14H17BrO2/c1-2-5-13(16)12-9-11(15)8-10-6-3-4-7-17-14(10)12/h8-9H,2-7H2,1H3. The Hall–Kier alpha value is -0.830. The summed E-state index contributed by atoms with van der Waals surface area (Å²) in [7, 11) is 0. The van der Waals surface area contributed by atoms with E-state index in [1.54, 1.807) is 0 Å². The molecule has 17 heavy (non-hydrogen) atoms. The first-order valence-corrected chi connectivity index (χ1v) is 7.00. The van der Waals surface area contributed by atoms with Gasteiger partial charge in [-0.25, -0.2) is 0 Å². The predicted octanol–water partition coefficient (Wildman–Crippen LogP) is 4.15. The summed E-state index contributed by atoms with van der Waals surface area (Å²) in [6, 6.07) is 3.96. The van der Waals surface area contributed by atoms with Crippen molar-refractivity contribution < 1.29 is 9.53 Å². The van der Waals surface area contributed by atoms with E-state index in [1.807, 2.05) is 13.0 Å². The van der Waals surface area contributed by atoms with Crippen LogP contribution in [0.1, 0.15) is 48.5 Å². The number of carbonyl (C=O) groups excluding carboxylic acids is 1. The molecule has 0 bridgehead atoms. The molecule has 0 N–H and O–H groups in total. The van der Waals surface area contributed by atoms with Crippen LogP contribution in [0.15, 0.2) is 16.6 Å². The minimum absolute atomic E-state index is 0.187. The molecular formula is C14H17BrO2. The molecule has 0 aliphatic carbocycles. The van der Waals surface area contributed by atoms with E-state index in [4.69, 9.17) is 4.74 Å². The fourth-order valence-electron chi connectivity index (χ4n) is 2.17. The molecule has 1 aliphatic rings. The van der Waals surface area contributed by atoms with Gasteiger partial charge in [0.25, 0.3) is 0 Å². The fraction of sp³-hybridized carbons (Fsp3) is 0.500. The van der Waals surface area contributed by atoms with Crippen LogP contribution in [0.3, 0.4) is 0 Å². The maximum absolute atomic E-state index is 12.1. The zero-order valence-corrected chi connectivity index (χ0v) is 11.7. The monoisotopic (exact) mass is 296 g/mol. The molecule has 3 heteroatoms. The van der Waals surface area contributed by atoms with Crippen molar-refractivity contribution in [2.45, 2.75) is 39.0 Å². The fourth-order valence-corrected chi connectivity index (χ4v) is 2.67. The topological polar surface area (TPSA) is 26.3 Å². The van der Waals surface area contributed by atoms with Gasteiger partial charge in [0.05, 0.1) is 12.2 Å². The highest BCUT2D eigenvalue weighted by Crippen LogP contribution is 2.32. The minimum Gasteiger partial charge on any atom is -0.493 e. The summed E-state index contributed by atoms with van der Waals surface area (Å²) >= 11 is 3.48. The molecular weight excluding hydrogens is 280 g/mol. The highest BCUT2D eigenvalue weighted by atomic mass is 79.9. The van der Waals surface area contributed by atoms with Crippen molar-refractivity contribution >= 4 is 21.7 Å². The number of carbonyl (C=O) groups is 1. The molecule has 1 aromatic rings. The van der Waals surface area contributed by atoms with Gasteiger partial charge in [0.15, 0.2) is 5.78 Å². The molecule has 0 spiro atoms. The molecule has 2 rings (SSSR count). The van der Waals surface area contributed by atoms with Crippen LogP contribution in [-0.2, 0) is 6.42 Å². The summed E-state index contributed by atoms with van der Waals surface area (Å²) in [5, 5.41) is 0.